The third-order valence-electron chi connectivity index (χ3n) is 4.53. The molecule has 0 bridgehead atoms. The summed E-state index contributed by atoms with van der Waals surface area (Å²) < 4.78 is 34.6. The van der Waals surface area contributed by atoms with Crippen molar-refractivity contribution in [2.24, 2.45) is 7.05 Å². The topological polar surface area (TPSA) is 105 Å². The van der Waals surface area contributed by atoms with E-state index < -0.39 is 22.2 Å². The monoisotopic (exact) mass is 380 g/mol. The van der Waals surface area contributed by atoms with E-state index in [1.807, 2.05) is 24.7 Å². The minimum atomic E-state index is -3.63. The number of aryl methyl sites for hydroxylation is 2. The third-order valence-corrected chi connectivity index (χ3v) is 5.97. The molecule has 2 aromatic rings. The fourth-order valence-electron chi connectivity index (χ4n) is 2.82. The Hall–Kier alpha value is -1.78. The summed E-state index contributed by atoms with van der Waals surface area (Å²) in [7, 11) is -1.74. The molecule has 0 spiro atoms. The van der Waals surface area contributed by atoms with Crippen LogP contribution in [0.4, 0.5) is 0 Å². The zero-order chi connectivity index (χ0) is 18.7. The molecule has 1 saturated heterocycles. The zero-order valence-corrected chi connectivity index (χ0v) is 15.6. The first-order chi connectivity index (χ1) is 12.4. The Morgan fingerprint density at radius 3 is 2.73 bits per heavy atom. The van der Waals surface area contributed by atoms with Gasteiger partial charge in [0.2, 0.25) is 10.0 Å². The molecule has 1 aliphatic heterocycles. The van der Waals surface area contributed by atoms with E-state index in [2.05, 4.69) is 15.0 Å². The van der Waals surface area contributed by atoms with E-state index in [1.165, 1.54) is 0 Å². The molecule has 3 rings (SSSR count). The highest BCUT2D eigenvalue weighted by Crippen LogP contribution is 2.16. The Morgan fingerprint density at radius 2 is 2.08 bits per heavy atom. The maximum absolute atomic E-state index is 12.3. The summed E-state index contributed by atoms with van der Waals surface area (Å²) in [6, 6.07) is 6.32. The van der Waals surface area contributed by atoms with Crippen LogP contribution in [0.25, 0.3) is 0 Å². The summed E-state index contributed by atoms with van der Waals surface area (Å²) in [4.78, 5) is 4.41. The fraction of sp³-hybridized carbons (Fsp3) is 0.471. The van der Waals surface area contributed by atoms with Crippen LogP contribution in [-0.4, -0.2) is 54.5 Å². The average Bonchev–Trinajstić information content (AvgIpc) is 3.17. The van der Waals surface area contributed by atoms with Gasteiger partial charge in [0.1, 0.15) is 5.82 Å². The van der Waals surface area contributed by atoms with Gasteiger partial charge in [-0.1, -0.05) is 17.7 Å². The molecule has 1 fully saturated rings. The van der Waals surface area contributed by atoms with E-state index >= 15 is 0 Å². The van der Waals surface area contributed by atoms with Crippen molar-refractivity contribution in [1.29, 1.82) is 0 Å². The van der Waals surface area contributed by atoms with Crippen LogP contribution in [0.2, 0.25) is 0 Å². The number of ether oxygens (including phenoxy) is 1. The lowest BCUT2D eigenvalue weighted by Gasteiger charge is -2.19. The van der Waals surface area contributed by atoms with E-state index in [0.717, 1.165) is 11.4 Å². The number of nitrogens with zero attached hydrogens (tertiary/aromatic N) is 2. The molecule has 1 aromatic carbocycles. The largest absolute Gasteiger partial charge is 0.389 e. The maximum atomic E-state index is 12.3. The first-order valence-electron chi connectivity index (χ1n) is 8.42. The molecule has 3 N–H and O–H groups in total. The summed E-state index contributed by atoms with van der Waals surface area (Å²) in [5, 5.41) is 13.6. The highest BCUT2D eigenvalue weighted by Gasteiger charge is 2.36. The highest BCUT2D eigenvalue weighted by atomic mass is 32.2. The molecule has 1 aliphatic rings. The molecule has 3 atom stereocenters. The van der Waals surface area contributed by atoms with E-state index in [0.29, 0.717) is 13.2 Å². The maximum Gasteiger partial charge on any atom is 0.240 e. The third kappa shape index (κ3) is 4.30. The molecule has 26 heavy (non-hydrogen) atoms. The van der Waals surface area contributed by atoms with Crippen molar-refractivity contribution in [1.82, 2.24) is 19.6 Å². The summed E-state index contributed by atoms with van der Waals surface area (Å²) in [6.45, 7) is 2.71. The van der Waals surface area contributed by atoms with Crippen molar-refractivity contribution >= 4 is 10.0 Å². The van der Waals surface area contributed by atoms with Crippen LogP contribution < -0.4 is 10.0 Å². The van der Waals surface area contributed by atoms with Gasteiger partial charge in [0.25, 0.3) is 0 Å². The average molecular weight is 380 g/mol. The van der Waals surface area contributed by atoms with Crippen molar-refractivity contribution < 1.29 is 18.3 Å². The fourth-order valence-corrected chi connectivity index (χ4v) is 3.87. The summed E-state index contributed by atoms with van der Waals surface area (Å²) in [5.74, 6) is 0.848. The number of aliphatic hydroxyl groups is 1. The first-order valence-corrected chi connectivity index (χ1v) is 9.91. The minimum Gasteiger partial charge on any atom is -0.389 e. The van der Waals surface area contributed by atoms with Crippen LogP contribution in [0, 0.1) is 6.92 Å². The molecule has 2 heterocycles. The number of rotatable bonds is 7. The van der Waals surface area contributed by atoms with Crippen LogP contribution >= 0.6 is 0 Å². The minimum absolute atomic E-state index is 0.0119. The summed E-state index contributed by atoms with van der Waals surface area (Å²) in [5.41, 5.74) is 0.986. The predicted octanol–water partition coefficient (Wildman–Crippen LogP) is -0.0751. The van der Waals surface area contributed by atoms with Gasteiger partial charge in [-0.2, -0.15) is 0 Å². The van der Waals surface area contributed by atoms with Gasteiger partial charge in [0.15, 0.2) is 0 Å². The van der Waals surface area contributed by atoms with Gasteiger partial charge in [-0.25, -0.2) is 18.1 Å². The molecule has 142 valence electrons. The Labute approximate surface area is 153 Å². The van der Waals surface area contributed by atoms with Crippen molar-refractivity contribution in [3.8, 4) is 0 Å². The molecule has 1 aromatic heterocycles. The lowest BCUT2D eigenvalue weighted by Crippen LogP contribution is -2.44. The van der Waals surface area contributed by atoms with Gasteiger partial charge in [-0.05, 0) is 19.1 Å². The van der Waals surface area contributed by atoms with Crippen LogP contribution in [0.3, 0.4) is 0 Å². The van der Waals surface area contributed by atoms with E-state index in [9.17, 15) is 13.5 Å². The van der Waals surface area contributed by atoms with Gasteiger partial charge in [-0.15, -0.1) is 0 Å². The molecule has 0 saturated carbocycles. The quantitative estimate of drug-likeness (QED) is 0.621. The first kappa shape index (κ1) is 19.0. The Balaban J connectivity index is 1.53. The number of hydrogen-bond donors (Lipinski definition) is 3. The number of nitrogens with one attached hydrogen (secondary N) is 2. The van der Waals surface area contributed by atoms with Crippen molar-refractivity contribution in [2.45, 2.75) is 36.6 Å². The molecular formula is C17H24N4O4S. The number of aromatic nitrogens is 2. The predicted molar refractivity (Wildman–Crippen MR) is 96.0 cm³/mol. The van der Waals surface area contributed by atoms with Gasteiger partial charge < -0.3 is 19.7 Å². The molecular weight excluding hydrogens is 356 g/mol. The van der Waals surface area contributed by atoms with Crippen LogP contribution in [0.5, 0.6) is 0 Å². The number of imidazole rings is 1. The van der Waals surface area contributed by atoms with Crippen molar-refractivity contribution in [3.05, 3.63) is 48.0 Å². The number of aliphatic hydroxyl groups excluding tert-OH is 1. The SMILES string of the molecule is Cc1ccc(S(=O)(=O)NC[C@H]2OC[C@@H](NCc3nccn3C)[C@@H]2O)cc1. The van der Waals surface area contributed by atoms with Gasteiger partial charge in [0.05, 0.1) is 36.3 Å². The van der Waals surface area contributed by atoms with Crippen LogP contribution in [0.1, 0.15) is 11.4 Å². The van der Waals surface area contributed by atoms with Crippen LogP contribution in [-0.2, 0) is 28.4 Å². The number of hydrogen-bond acceptors (Lipinski definition) is 6. The van der Waals surface area contributed by atoms with Gasteiger partial charge >= 0.3 is 0 Å². The summed E-state index contributed by atoms with van der Waals surface area (Å²) >= 11 is 0. The lowest BCUT2D eigenvalue weighted by atomic mass is 10.1. The van der Waals surface area contributed by atoms with Gasteiger partial charge in [0, 0.05) is 26.0 Å². The molecule has 0 unspecified atom stereocenters. The number of benzene rings is 1. The molecule has 9 heteroatoms. The molecule has 0 aliphatic carbocycles. The smallest absolute Gasteiger partial charge is 0.240 e. The lowest BCUT2D eigenvalue weighted by molar-refractivity contribution is 0.0443. The van der Waals surface area contributed by atoms with Crippen molar-refractivity contribution in [3.63, 3.8) is 0 Å². The second-order valence-corrected chi connectivity index (χ2v) is 8.24. The van der Waals surface area contributed by atoms with E-state index in [1.54, 1.807) is 30.5 Å². The molecule has 0 amide bonds. The molecule has 0 radical (unpaired) electrons. The zero-order valence-electron chi connectivity index (χ0n) is 14.8. The van der Waals surface area contributed by atoms with Crippen molar-refractivity contribution in [2.75, 3.05) is 13.2 Å². The molecule has 8 nitrogen and oxygen atoms in total. The second-order valence-electron chi connectivity index (χ2n) is 6.47. The second kappa shape index (κ2) is 7.85. The Kier molecular flexibility index (Phi) is 5.73. The Bertz CT molecular complexity index is 835. The number of sulfonamides is 1. The highest BCUT2D eigenvalue weighted by molar-refractivity contribution is 7.89. The Morgan fingerprint density at radius 1 is 1.35 bits per heavy atom. The van der Waals surface area contributed by atoms with E-state index in [-0.39, 0.29) is 17.5 Å². The van der Waals surface area contributed by atoms with Crippen LogP contribution in [0.15, 0.2) is 41.6 Å². The summed E-state index contributed by atoms with van der Waals surface area (Å²) in [6.07, 6.45) is 2.15. The van der Waals surface area contributed by atoms with E-state index in [4.69, 9.17) is 4.74 Å². The van der Waals surface area contributed by atoms with Gasteiger partial charge in [-0.3, -0.25) is 0 Å². The standard InChI is InChI=1S/C17H24N4O4S/c1-12-3-5-13(6-4-12)26(23,24)20-9-15-17(22)14(11-25-15)19-10-16-18-7-8-21(16)2/h3-8,14-15,17,19-20,22H,9-11H2,1-2H3/t14-,15-,17+/m1/s1. The normalized spacial score (nSPS) is 23.4.